The molecule has 110 valence electrons. The smallest absolute Gasteiger partial charge is 0.269 e. The number of para-hydroxylation sites is 1. The summed E-state index contributed by atoms with van der Waals surface area (Å²) in [6.45, 7) is 0.735. The van der Waals surface area contributed by atoms with E-state index < -0.39 is 0 Å². The summed E-state index contributed by atoms with van der Waals surface area (Å²) in [6, 6.07) is 9.67. The number of amides is 1. The number of carbonyl (C=O) groups excluding carboxylic acids is 1. The average Bonchev–Trinajstić information content (AvgIpc) is 3.34. The zero-order valence-electron chi connectivity index (χ0n) is 12.4. The largest absolute Gasteiger partial charge is 0.388 e. The topological polar surface area (TPSA) is 54.0 Å². The fourth-order valence-electron chi connectivity index (χ4n) is 2.59. The number of nitrogens with one attached hydrogen (secondary N) is 2. The molecule has 2 aromatic rings. The van der Waals surface area contributed by atoms with Crippen molar-refractivity contribution >= 4 is 22.5 Å². The van der Waals surface area contributed by atoms with E-state index in [2.05, 4.69) is 15.6 Å². The molecule has 1 fully saturated rings. The van der Waals surface area contributed by atoms with Crippen LogP contribution in [0, 0.1) is 5.92 Å². The molecular formula is C17H21N3O. The van der Waals surface area contributed by atoms with Crippen LogP contribution in [0.15, 0.2) is 30.3 Å². The molecule has 0 radical (unpaired) electrons. The maximum atomic E-state index is 12.2. The first-order chi connectivity index (χ1) is 10.3. The van der Waals surface area contributed by atoms with Crippen molar-refractivity contribution in [2.24, 2.45) is 5.92 Å². The fraction of sp³-hybridized carbons (Fsp3) is 0.412. The summed E-state index contributed by atoms with van der Waals surface area (Å²) in [5.74, 6) is 0.824. The minimum atomic E-state index is -0.0898. The van der Waals surface area contributed by atoms with Crippen LogP contribution in [0.2, 0.25) is 0 Å². The molecule has 1 amide bonds. The van der Waals surface area contributed by atoms with Crippen LogP contribution in [0.1, 0.15) is 36.2 Å². The summed E-state index contributed by atoms with van der Waals surface area (Å²) >= 11 is 0. The molecule has 1 aliphatic rings. The van der Waals surface area contributed by atoms with Gasteiger partial charge in [-0.3, -0.25) is 4.79 Å². The minimum absolute atomic E-state index is 0.0898. The number of hydrogen-bond donors (Lipinski definition) is 2. The predicted molar refractivity (Wildman–Crippen MR) is 85.6 cm³/mol. The zero-order valence-corrected chi connectivity index (χ0v) is 12.4. The summed E-state index contributed by atoms with van der Waals surface area (Å²) in [5.41, 5.74) is 2.25. The lowest BCUT2D eigenvalue weighted by atomic mass is 10.1. The number of hydrogen-bond acceptors (Lipinski definition) is 3. The number of aromatic nitrogens is 1. The third-order valence-corrected chi connectivity index (χ3v) is 3.99. The molecule has 3 rings (SSSR count). The van der Waals surface area contributed by atoms with E-state index in [0.29, 0.717) is 5.69 Å². The second-order valence-corrected chi connectivity index (χ2v) is 5.66. The van der Waals surface area contributed by atoms with E-state index >= 15 is 0 Å². The van der Waals surface area contributed by atoms with Gasteiger partial charge >= 0.3 is 0 Å². The van der Waals surface area contributed by atoms with Crippen LogP contribution < -0.4 is 10.6 Å². The monoisotopic (exact) mass is 283 g/mol. The first kappa shape index (κ1) is 13.9. The van der Waals surface area contributed by atoms with Gasteiger partial charge in [-0.15, -0.1) is 0 Å². The summed E-state index contributed by atoms with van der Waals surface area (Å²) in [5, 5.41) is 7.14. The third kappa shape index (κ3) is 3.32. The number of benzene rings is 1. The SMILES string of the molecule is CNc1cc(C(=O)NCCCC2CC2)nc2ccccc12. The highest BCUT2D eigenvalue weighted by Crippen LogP contribution is 2.33. The highest BCUT2D eigenvalue weighted by atomic mass is 16.1. The average molecular weight is 283 g/mol. The van der Waals surface area contributed by atoms with Crippen LogP contribution in [-0.2, 0) is 0 Å². The Balaban J connectivity index is 1.71. The highest BCUT2D eigenvalue weighted by molar-refractivity contribution is 5.99. The Morgan fingerprint density at radius 1 is 1.33 bits per heavy atom. The molecule has 1 aromatic heterocycles. The summed E-state index contributed by atoms with van der Waals surface area (Å²) in [6.07, 6.45) is 5.02. The van der Waals surface area contributed by atoms with Crippen molar-refractivity contribution in [3.8, 4) is 0 Å². The molecule has 2 N–H and O–H groups in total. The van der Waals surface area contributed by atoms with E-state index in [1.54, 1.807) is 0 Å². The van der Waals surface area contributed by atoms with E-state index in [4.69, 9.17) is 0 Å². The zero-order chi connectivity index (χ0) is 14.7. The van der Waals surface area contributed by atoms with Gasteiger partial charge in [0.1, 0.15) is 5.69 Å². The number of fused-ring (bicyclic) bond motifs is 1. The van der Waals surface area contributed by atoms with Crippen molar-refractivity contribution in [3.63, 3.8) is 0 Å². The van der Waals surface area contributed by atoms with Gasteiger partial charge in [-0.25, -0.2) is 4.98 Å². The summed E-state index contributed by atoms with van der Waals surface area (Å²) < 4.78 is 0. The molecule has 21 heavy (non-hydrogen) atoms. The lowest BCUT2D eigenvalue weighted by Gasteiger charge is -2.09. The Bertz CT molecular complexity index is 650. The molecule has 1 heterocycles. The van der Waals surface area contributed by atoms with Gasteiger partial charge in [0, 0.05) is 24.7 Å². The van der Waals surface area contributed by atoms with Crippen LogP contribution >= 0.6 is 0 Å². The molecule has 4 heteroatoms. The van der Waals surface area contributed by atoms with E-state index in [1.807, 2.05) is 37.4 Å². The van der Waals surface area contributed by atoms with E-state index in [-0.39, 0.29) is 5.91 Å². The number of carbonyl (C=O) groups is 1. The fourth-order valence-corrected chi connectivity index (χ4v) is 2.59. The lowest BCUT2D eigenvalue weighted by Crippen LogP contribution is -2.25. The lowest BCUT2D eigenvalue weighted by molar-refractivity contribution is 0.0948. The van der Waals surface area contributed by atoms with Crippen LogP contribution in [0.4, 0.5) is 5.69 Å². The van der Waals surface area contributed by atoms with Crippen LogP contribution in [0.25, 0.3) is 10.9 Å². The molecule has 0 saturated heterocycles. The van der Waals surface area contributed by atoms with Crippen molar-refractivity contribution in [2.75, 3.05) is 18.9 Å². The maximum absolute atomic E-state index is 12.2. The first-order valence-corrected chi connectivity index (χ1v) is 7.63. The quantitative estimate of drug-likeness (QED) is 0.800. The van der Waals surface area contributed by atoms with Gasteiger partial charge in [-0.1, -0.05) is 31.0 Å². The Morgan fingerprint density at radius 2 is 2.14 bits per heavy atom. The van der Waals surface area contributed by atoms with Crippen LogP contribution in [0.3, 0.4) is 0 Å². The molecule has 1 aromatic carbocycles. The maximum Gasteiger partial charge on any atom is 0.269 e. The molecule has 0 atom stereocenters. The number of pyridine rings is 1. The van der Waals surface area contributed by atoms with E-state index in [1.165, 1.54) is 19.3 Å². The predicted octanol–water partition coefficient (Wildman–Crippen LogP) is 3.20. The molecular weight excluding hydrogens is 262 g/mol. The van der Waals surface area contributed by atoms with Gasteiger partial charge in [0.15, 0.2) is 0 Å². The standard InChI is InChI=1S/C17H21N3O/c1-18-15-11-16(20-14-7-3-2-6-13(14)15)17(21)19-10-4-5-12-8-9-12/h2-3,6-7,11-12H,4-5,8-10H2,1H3,(H,18,20)(H,19,21). The minimum Gasteiger partial charge on any atom is -0.388 e. The van der Waals surface area contributed by atoms with E-state index in [0.717, 1.165) is 35.5 Å². The molecule has 0 aliphatic heterocycles. The van der Waals surface area contributed by atoms with Gasteiger partial charge in [0.2, 0.25) is 0 Å². The van der Waals surface area contributed by atoms with Crippen molar-refractivity contribution < 1.29 is 4.79 Å². The molecule has 0 spiro atoms. The van der Waals surface area contributed by atoms with Crippen molar-refractivity contribution in [3.05, 3.63) is 36.0 Å². The second kappa shape index (κ2) is 6.12. The number of nitrogens with zero attached hydrogens (tertiary/aromatic N) is 1. The Morgan fingerprint density at radius 3 is 2.90 bits per heavy atom. The Kier molecular flexibility index (Phi) is 4.04. The van der Waals surface area contributed by atoms with Crippen LogP contribution in [-0.4, -0.2) is 24.5 Å². The Hall–Kier alpha value is -2.10. The van der Waals surface area contributed by atoms with Gasteiger partial charge < -0.3 is 10.6 Å². The van der Waals surface area contributed by atoms with Gasteiger partial charge in [0.25, 0.3) is 5.91 Å². The van der Waals surface area contributed by atoms with Crippen molar-refractivity contribution in [1.82, 2.24) is 10.3 Å². The first-order valence-electron chi connectivity index (χ1n) is 7.63. The third-order valence-electron chi connectivity index (χ3n) is 3.99. The molecule has 0 unspecified atom stereocenters. The molecule has 0 bridgehead atoms. The molecule has 1 aliphatic carbocycles. The highest BCUT2D eigenvalue weighted by Gasteiger charge is 2.20. The van der Waals surface area contributed by atoms with Crippen molar-refractivity contribution in [1.29, 1.82) is 0 Å². The van der Waals surface area contributed by atoms with Gasteiger partial charge in [-0.2, -0.15) is 0 Å². The summed E-state index contributed by atoms with van der Waals surface area (Å²) in [7, 11) is 1.86. The number of anilines is 1. The van der Waals surface area contributed by atoms with Crippen molar-refractivity contribution in [2.45, 2.75) is 25.7 Å². The summed E-state index contributed by atoms with van der Waals surface area (Å²) in [4.78, 5) is 16.7. The van der Waals surface area contributed by atoms with Crippen LogP contribution in [0.5, 0.6) is 0 Å². The normalized spacial score (nSPS) is 14.1. The van der Waals surface area contributed by atoms with Gasteiger partial charge in [-0.05, 0) is 30.9 Å². The molecule has 4 nitrogen and oxygen atoms in total. The number of rotatable bonds is 6. The van der Waals surface area contributed by atoms with Gasteiger partial charge in [0.05, 0.1) is 5.52 Å². The molecule has 1 saturated carbocycles. The van der Waals surface area contributed by atoms with E-state index in [9.17, 15) is 4.79 Å². The second-order valence-electron chi connectivity index (χ2n) is 5.66. The Labute approximate surface area is 125 Å².